The van der Waals surface area contributed by atoms with Gasteiger partial charge in [0.1, 0.15) is 10.8 Å². The van der Waals surface area contributed by atoms with Gasteiger partial charge in [-0.05, 0) is 24.6 Å². The largest absolute Gasteiger partial charge is 0.496 e. The number of hydrogen-bond acceptors (Lipinski definition) is 4. The first-order chi connectivity index (χ1) is 9.19. The van der Waals surface area contributed by atoms with Gasteiger partial charge in [0.25, 0.3) is 0 Å². The van der Waals surface area contributed by atoms with Crippen LogP contribution in [0, 0.1) is 11.3 Å². The summed E-state index contributed by atoms with van der Waals surface area (Å²) in [6.07, 6.45) is 0.773. The molecule has 0 bridgehead atoms. The van der Waals surface area contributed by atoms with Crippen LogP contribution in [0.25, 0.3) is 10.6 Å². The molecule has 0 fully saturated rings. The fourth-order valence-electron chi connectivity index (χ4n) is 1.78. The van der Waals surface area contributed by atoms with E-state index in [2.05, 4.69) is 27.0 Å². The first kappa shape index (κ1) is 14.0. The molecule has 0 radical (unpaired) electrons. The molecule has 1 aromatic carbocycles. The molecule has 5 heteroatoms. The maximum atomic E-state index is 9.09. The number of thiazole rings is 1. The van der Waals surface area contributed by atoms with Gasteiger partial charge in [0.15, 0.2) is 0 Å². The lowest BCUT2D eigenvalue weighted by Crippen LogP contribution is -1.94. The maximum absolute atomic E-state index is 9.09. The molecule has 1 unspecified atom stereocenters. The van der Waals surface area contributed by atoms with Crippen molar-refractivity contribution >= 4 is 27.3 Å². The van der Waals surface area contributed by atoms with Crippen LogP contribution in [-0.2, 0) is 0 Å². The van der Waals surface area contributed by atoms with Crippen LogP contribution >= 0.6 is 27.3 Å². The first-order valence-corrected chi connectivity index (χ1v) is 7.55. The summed E-state index contributed by atoms with van der Waals surface area (Å²) in [7, 11) is 1.64. The number of nitrogens with zero attached hydrogens (tertiary/aromatic N) is 2. The number of hydrogen-bond donors (Lipinski definition) is 0. The molecular weight excluding hydrogens is 324 g/mol. The summed E-state index contributed by atoms with van der Waals surface area (Å²) in [4.78, 5) is 4.57. The average molecular weight is 337 g/mol. The van der Waals surface area contributed by atoms with Gasteiger partial charge in [-0.15, -0.1) is 11.3 Å². The summed E-state index contributed by atoms with van der Waals surface area (Å²) in [5, 5.41) is 11.9. The molecule has 1 aromatic heterocycles. The Morgan fingerprint density at radius 3 is 2.95 bits per heavy atom. The Morgan fingerprint density at radius 2 is 2.32 bits per heavy atom. The highest BCUT2D eigenvalue weighted by atomic mass is 79.9. The predicted octanol–water partition coefficient (Wildman–Crippen LogP) is 4.60. The van der Waals surface area contributed by atoms with Gasteiger partial charge >= 0.3 is 0 Å². The van der Waals surface area contributed by atoms with Gasteiger partial charge in [-0.3, -0.25) is 0 Å². The van der Waals surface area contributed by atoms with Crippen LogP contribution in [-0.4, -0.2) is 12.1 Å². The monoisotopic (exact) mass is 336 g/mol. The molecule has 1 heterocycles. The molecule has 0 saturated carbocycles. The highest BCUT2D eigenvalue weighted by molar-refractivity contribution is 9.10. The lowest BCUT2D eigenvalue weighted by molar-refractivity contribution is 0.416. The van der Waals surface area contributed by atoms with E-state index >= 15 is 0 Å². The molecule has 19 heavy (non-hydrogen) atoms. The molecule has 1 atom stereocenters. The smallest absolute Gasteiger partial charge is 0.129 e. The van der Waals surface area contributed by atoms with Crippen LogP contribution in [0.2, 0.25) is 0 Å². The zero-order valence-electron chi connectivity index (χ0n) is 10.7. The van der Waals surface area contributed by atoms with Crippen molar-refractivity contribution in [2.24, 2.45) is 0 Å². The molecule has 3 nitrogen and oxygen atoms in total. The molecule has 0 aliphatic rings. The van der Waals surface area contributed by atoms with E-state index in [1.165, 1.54) is 11.3 Å². The quantitative estimate of drug-likeness (QED) is 0.819. The van der Waals surface area contributed by atoms with Crippen molar-refractivity contribution in [3.05, 3.63) is 33.7 Å². The zero-order chi connectivity index (χ0) is 13.8. The number of halogens is 1. The molecule has 0 spiro atoms. The Kier molecular flexibility index (Phi) is 4.56. The number of aromatic nitrogens is 1. The van der Waals surface area contributed by atoms with Gasteiger partial charge in [-0.1, -0.05) is 22.9 Å². The number of methoxy groups -OCH3 is 1. The Bertz CT molecular complexity index is 618. The fraction of sp³-hybridized carbons (Fsp3) is 0.286. The number of benzene rings is 1. The third-order valence-electron chi connectivity index (χ3n) is 2.83. The minimum absolute atomic E-state index is 0.136. The second kappa shape index (κ2) is 6.18. The summed E-state index contributed by atoms with van der Waals surface area (Å²) in [5.41, 5.74) is 1.79. The highest BCUT2D eigenvalue weighted by Crippen LogP contribution is 2.35. The minimum Gasteiger partial charge on any atom is -0.496 e. The van der Waals surface area contributed by atoms with Crippen LogP contribution in [0.3, 0.4) is 0 Å². The van der Waals surface area contributed by atoms with E-state index in [1.54, 1.807) is 7.11 Å². The topological polar surface area (TPSA) is 45.9 Å². The van der Waals surface area contributed by atoms with E-state index in [0.717, 1.165) is 32.9 Å². The van der Waals surface area contributed by atoms with Crippen LogP contribution in [0.1, 0.15) is 25.0 Å². The third kappa shape index (κ3) is 2.96. The Hall–Kier alpha value is -1.38. The lowest BCUT2D eigenvalue weighted by Gasteiger charge is -2.06. The van der Waals surface area contributed by atoms with Crippen LogP contribution in [0.15, 0.2) is 28.1 Å². The van der Waals surface area contributed by atoms with Crippen LogP contribution in [0.4, 0.5) is 0 Å². The molecule has 2 aromatic rings. The van der Waals surface area contributed by atoms with Crippen LogP contribution < -0.4 is 4.74 Å². The van der Waals surface area contributed by atoms with Gasteiger partial charge in [-0.25, -0.2) is 4.98 Å². The predicted molar refractivity (Wildman–Crippen MR) is 80.4 cm³/mol. The SMILES string of the molecule is CCC(C#N)c1csc(-c2cc(Br)ccc2OC)n1. The van der Waals surface area contributed by atoms with Crippen molar-refractivity contribution < 1.29 is 4.74 Å². The summed E-state index contributed by atoms with van der Waals surface area (Å²) in [6.45, 7) is 1.99. The van der Waals surface area contributed by atoms with Crippen molar-refractivity contribution in [3.8, 4) is 22.4 Å². The number of nitriles is 1. The maximum Gasteiger partial charge on any atom is 0.129 e. The Morgan fingerprint density at radius 1 is 1.53 bits per heavy atom. The molecule has 0 saturated heterocycles. The lowest BCUT2D eigenvalue weighted by atomic mass is 10.1. The molecule has 0 amide bonds. The fourth-order valence-corrected chi connectivity index (χ4v) is 3.04. The minimum atomic E-state index is -0.136. The summed E-state index contributed by atoms with van der Waals surface area (Å²) in [5.74, 6) is 0.650. The molecule has 0 aliphatic carbocycles. The van der Waals surface area contributed by atoms with Crippen molar-refractivity contribution in [2.75, 3.05) is 7.11 Å². The van der Waals surface area contributed by atoms with Crippen molar-refractivity contribution in [1.29, 1.82) is 5.26 Å². The highest BCUT2D eigenvalue weighted by Gasteiger charge is 2.15. The molecule has 2 rings (SSSR count). The van der Waals surface area contributed by atoms with Gasteiger partial charge in [0.2, 0.25) is 0 Å². The summed E-state index contributed by atoms with van der Waals surface area (Å²) in [6, 6.07) is 8.09. The second-order valence-electron chi connectivity index (χ2n) is 4.01. The van der Waals surface area contributed by atoms with Gasteiger partial charge in [0.05, 0.1) is 30.4 Å². The van der Waals surface area contributed by atoms with E-state index in [4.69, 9.17) is 10.00 Å². The van der Waals surface area contributed by atoms with Crippen molar-refractivity contribution in [2.45, 2.75) is 19.3 Å². The third-order valence-corrected chi connectivity index (χ3v) is 4.22. The molecule has 0 aliphatic heterocycles. The number of rotatable bonds is 4. The molecular formula is C14H13BrN2OS. The van der Waals surface area contributed by atoms with E-state index in [9.17, 15) is 0 Å². The zero-order valence-corrected chi connectivity index (χ0v) is 13.1. The first-order valence-electron chi connectivity index (χ1n) is 5.88. The van der Waals surface area contributed by atoms with Gasteiger partial charge < -0.3 is 4.74 Å². The van der Waals surface area contributed by atoms with Crippen molar-refractivity contribution in [3.63, 3.8) is 0 Å². The second-order valence-corrected chi connectivity index (χ2v) is 5.79. The normalized spacial score (nSPS) is 11.9. The van der Waals surface area contributed by atoms with E-state index in [1.807, 2.05) is 30.5 Å². The Labute approximate surface area is 125 Å². The Balaban J connectivity index is 2.43. The van der Waals surface area contributed by atoms with E-state index in [-0.39, 0.29) is 5.92 Å². The average Bonchev–Trinajstić information content (AvgIpc) is 2.89. The van der Waals surface area contributed by atoms with Gasteiger partial charge in [-0.2, -0.15) is 5.26 Å². The van der Waals surface area contributed by atoms with Gasteiger partial charge in [0, 0.05) is 9.85 Å². The van der Waals surface area contributed by atoms with E-state index < -0.39 is 0 Å². The van der Waals surface area contributed by atoms with Crippen molar-refractivity contribution in [1.82, 2.24) is 4.98 Å². The molecule has 98 valence electrons. The molecule has 0 N–H and O–H groups in total. The summed E-state index contributed by atoms with van der Waals surface area (Å²) < 4.78 is 6.34. The summed E-state index contributed by atoms with van der Waals surface area (Å²) >= 11 is 4.99. The standard InChI is InChI=1S/C14H13BrN2OS/c1-3-9(7-16)12-8-19-14(17-12)11-6-10(15)4-5-13(11)18-2/h4-6,8-9H,3H2,1-2H3. The number of ether oxygens (including phenoxy) is 1. The van der Waals surface area contributed by atoms with Crippen LogP contribution in [0.5, 0.6) is 5.75 Å². The van der Waals surface area contributed by atoms with E-state index in [0.29, 0.717) is 0 Å².